The van der Waals surface area contributed by atoms with Gasteiger partial charge < -0.3 is 4.74 Å². The predicted molar refractivity (Wildman–Crippen MR) is 102 cm³/mol. The molecule has 11 heteroatoms. The molecule has 0 unspecified atom stereocenters. The Morgan fingerprint density at radius 2 is 1.77 bits per heavy atom. The fraction of sp³-hybridized carbons (Fsp3) is 0.158. The highest BCUT2D eigenvalue weighted by atomic mass is 32.1. The van der Waals surface area contributed by atoms with E-state index in [-0.39, 0.29) is 5.56 Å². The smallest absolute Gasteiger partial charge is 0.422 e. The molecule has 1 heterocycles. The molecule has 1 N–H and O–H groups in total. The van der Waals surface area contributed by atoms with Crippen LogP contribution in [0.15, 0.2) is 59.0 Å². The van der Waals surface area contributed by atoms with Gasteiger partial charge in [0.1, 0.15) is 5.75 Å². The molecule has 0 aliphatic heterocycles. The first kappa shape index (κ1) is 21.6. The first-order valence-electron chi connectivity index (χ1n) is 8.33. The molecule has 0 spiro atoms. The van der Waals surface area contributed by atoms with Crippen molar-refractivity contribution in [2.24, 2.45) is 5.10 Å². The van der Waals surface area contributed by atoms with E-state index in [9.17, 15) is 26.3 Å². The van der Waals surface area contributed by atoms with Crippen LogP contribution in [0.5, 0.6) is 5.75 Å². The van der Waals surface area contributed by atoms with Crippen LogP contribution >= 0.6 is 11.3 Å². The van der Waals surface area contributed by atoms with Gasteiger partial charge in [-0.25, -0.2) is 4.98 Å². The molecule has 0 saturated heterocycles. The standard InChI is InChI=1S/C19H13F6N3OS/c20-18(21,22)11-29-16-8-12(6-7-14(16)19(23,24)25)9-26-28-17-27-15(10-30-17)13-4-2-1-3-5-13/h1-10H,11H2,(H,27,28). The lowest BCUT2D eigenvalue weighted by Gasteiger charge is -2.15. The molecule has 3 rings (SSSR count). The minimum absolute atomic E-state index is 0.118. The summed E-state index contributed by atoms with van der Waals surface area (Å²) in [6, 6.07) is 11.9. The molecule has 0 fully saturated rings. The summed E-state index contributed by atoms with van der Waals surface area (Å²) in [5.41, 5.74) is 3.08. The van der Waals surface area contributed by atoms with Crippen LogP contribution in [-0.4, -0.2) is 24.0 Å². The Labute approximate surface area is 170 Å². The van der Waals surface area contributed by atoms with Crippen LogP contribution < -0.4 is 10.2 Å². The van der Waals surface area contributed by atoms with Gasteiger partial charge in [-0.2, -0.15) is 31.4 Å². The fourth-order valence-electron chi connectivity index (χ4n) is 2.36. The quantitative estimate of drug-likeness (QED) is 0.279. The minimum Gasteiger partial charge on any atom is -0.483 e. The number of aromatic nitrogens is 1. The first-order chi connectivity index (χ1) is 14.1. The van der Waals surface area contributed by atoms with Gasteiger partial charge in [-0.1, -0.05) is 36.4 Å². The van der Waals surface area contributed by atoms with Gasteiger partial charge in [-0.15, -0.1) is 11.3 Å². The van der Waals surface area contributed by atoms with Crippen molar-refractivity contribution in [1.29, 1.82) is 0 Å². The Morgan fingerprint density at radius 1 is 1.03 bits per heavy atom. The van der Waals surface area contributed by atoms with E-state index in [2.05, 4.69) is 20.2 Å². The summed E-state index contributed by atoms with van der Waals surface area (Å²) in [6.45, 7) is -1.84. The van der Waals surface area contributed by atoms with Crippen molar-refractivity contribution < 1.29 is 31.1 Å². The molecule has 0 radical (unpaired) electrons. The zero-order valence-corrected chi connectivity index (χ0v) is 15.8. The number of benzene rings is 2. The van der Waals surface area contributed by atoms with Crippen LogP contribution in [-0.2, 0) is 6.18 Å². The summed E-state index contributed by atoms with van der Waals surface area (Å²) in [5, 5.41) is 6.11. The number of ether oxygens (including phenoxy) is 1. The monoisotopic (exact) mass is 445 g/mol. The van der Waals surface area contributed by atoms with Gasteiger partial charge in [-0.05, 0) is 17.7 Å². The number of halogens is 6. The number of nitrogens with zero attached hydrogens (tertiary/aromatic N) is 2. The van der Waals surface area contributed by atoms with Gasteiger partial charge in [-0.3, -0.25) is 5.43 Å². The molecule has 0 amide bonds. The van der Waals surface area contributed by atoms with E-state index in [1.54, 1.807) is 5.38 Å². The SMILES string of the molecule is FC(F)(F)COc1cc(C=NNc2nc(-c3ccccc3)cs2)ccc1C(F)(F)F. The Bertz CT molecular complexity index is 1020. The first-order valence-corrected chi connectivity index (χ1v) is 9.20. The lowest BCUT2D eigenvalue weighted by molar-refractivity contribution is -0.158. The van der Waals surface area contributed by atoms with Crippen LogP contribution in [0.1, 0.15) is 11.1 Å². The fourth-order valence-corrected chi connectivity index (χ4v) is 3.03. The Balaban J connectivity index is 1.73. The maximum absolute atomic E-state index is 13.0. The molecule has 3 aromatic rings. The molecular formula is C19H13F6N3OS. The highest BCUT2D eigenvalue weighted by Gasteiger charge is 2.36. The second-order valence-corrected chi connectivity index (χ2v) is 6.79. The van der Waals surface area contributed by atoms with E-state index in [0.717, 1.165) is 29.6 Å². The summed E-state index contributed by atoms with van der Waals surface area (Å²) in [7, 11) is 0. The lowest BCUT2D eigenvalue weighted by Crippen LogP contribution is -2.21. The Kier molecular flexibility index (Phi) is 6.30. The number of anilines is 1. The number of hydrazone groups is 1. The molecule has 158 valence electrons. The number of hydrogen-bond donors (Lipinski definition) is 1. The molecule has 1 aromatic heterocycles. The molecule has 0 atom stereocenters. The van der Waals surface area contributed by atoms with E-state index in [1.165, 1.54) is 11.3 Å². The third-order valence-electron chi connectivity index (χ3n) is 3.65. The van der Waals surface area contributed by atoms with E-state index in [0.29, 0.717) is 11.2 Å². The van der Waals surface area contributed by atoms with Crippen molar-refractivity contribution in [1.82, 2.24) is 4.98 Å². The second-order valence-electron chi connectivity index (χ2n) is 5.93. The van der Waals surface area contributed by atoms with Gasteiger partial charge in [0.25, 0.3) is 0 Å². The number of alkyl halides is 6. The van der Waals surface area contributed by atoms with Crippen molar-refractivity contribution in [3.8, 4) is 17.0 Å². The van der Waals surface area contributed by atoms with E-state index in [4.69, 9.17) is 0 Å². The van der Waals surface area contributed by atoms with E-state index < -0.39 is 30.3 Å². The summed E-state index contributed by atoms with van der Waals surface area (Å²) in [5.74, 6) is -0.926. The summed E-state index contributed by atoms with van der Waals surface area (Å²) in [6.07, 6.45) is -8.47. The van der Waals surface area contributed by atoms with Crippen molar-refractivity contribution in [2.45, 2.75) is 12.4 Å². The largest absolute Gasteiger partial charge is 0.483 e. The van der Waals surface area contributed by atoms with Gasteiger partial charge in [0, 0.05) is 10.9 Å². The highest BCUT2D eigenvalue weighted by molar-refractivity contribution is 7.14. The number of rotatable bonds is 6. The summed E-state index contributed by atoms with van der Waals surface area (Å²) >= 11 is 1.26. The van der Waals surface area contributed by atoms with Crippen LogP contribution in [0.4, 0.5) is 31.5 Å². The molecular weight excluding hydrogens is 432 g/mol. The van der Waals surface area contributed by atoms with Crippen molar-refractivity contribution in [2.75, 3.05) is 12.0 Å². The Hall–Kier alpha value is -3.08. The third kappa shape index (κ3) is 5.96. The molecule has 0 bridgehead atoms. The van der Waals surface area contributed by atoms with Gasteiger partial charge in [0.2, 0.25) is 5.13 Å². The second kappa shape index (κ2) is 8.74. The minimum atomic E-state index is -4.86. The molecule has 4 nitrogen and oxygen atoms in total. The average Bonchev–Trinajstić information content (AvgIpc) is 3.15. The number of thiazole rings is 1. The van der Waals surface area contributed by atoms with Crippen molar-refractivity contribution in [3.05, 3.63) is 65.0 Å². The molecule has 0 saturated carbocycles. The van der Waals surface area contributed by atoms with Gasteiger partial charge in [0.05, 0.1) is 17.5 Å². The average molecular weight is 445 g/mol. The normalized spacial score (nSPS) is 12.3. The molecule has 0 aliphatic rings. The molecule has 0 aliphatic carbocycles. The number of hydrogen-bond acceptors (Lipinski definition) is 5. The van der Waals surface area contributed by atoms with Crippen LogP contribution in [0.25, 0.3) is 11.3 Å². The summed E-state index contributed by atoms with van der Waals surface area (Å²) < 4.78 is 80.4. The lowest BCUT2D eigenvalue weighted by atomic mass is 10.1. The maximum atomic E-state index is 13.0. The Morgan fingerprint density at radius 3 is 2.43 bits per heavy atom. The van der Waals surface area contributed by atoms with Crippen LogP contribution in [0.2, 0.25) is 0 Å². The van der Waals surface area contributed by atoms with Crippen molar-refractivity contribution in [3.63, 3.8) is 0 Å². The van der Waals surface area contributed by atoms with E-state index in [1.807, 2.05) is 30.3 Å². The van der Waals surface area contributed by atoms with Gasteiger partial charge >= 0.3 is 12.4 Å². The zero-order valence-electron chi connectivity index (χ0n) is 15.0. The third-order valence-corrected chi connectivity index (χ3v) is 4.40. The predicted octanol–water partition coefficient (Wildman–Crippen LogP) is 6.22. The number of nitrogens with one attached hydrogen (secondary N) is 1. The van der Waals surface area contributed by atoms with Crippen molar-refractivity contribution >= 4 is 22.7 Å². The topological polar surface area (TPSA) is 46.5 Å². The zero-order chi connectivity index (χ0) is 21.8. The highest BCUT2D eigenvalue weighted by Crippen LogP contribution is 2.37. The van der Waals surface area contributed by atoms with Crippen LogP contribution in [0, 0.1) is 0 Å². The van der Waals surface area contributed by atoms with E-state index >= 15 is 0 Å². The molecule has 30 heavy (non-hydrogen) atoms. The van der Waals surface area contributed by atoms with Gasteiger partial charge in [0.15, 0.2) is 6.61 Å². The summed E-state index contributed by atoms with van der Waals surface area (Å²) in [4.78, 5) is 4.33. The van der Waals surface area contributed by atoms with Crippen LogP contribution in [0.3, 0.4) is 0 Å². The maximum Gasteiger partial charge on any atom is 0.422 e. The molecule has 2 aromatic carbocycles.